The molecule has 1 aromatic carbocycles. The van der Waals surface area contributed by atoms with Gasteiger partial charge in [0.2, 0.25) is 0 Å². The van der Waals surface area contributed by atoms with Crippen LogP contribution in [0.25, 0.3) is 0 Å². The summed E-state index contributed by atoms with van der Waals surface area (Å²) >= 11 is 9.73. The van der Waals surface area contributed by atoms with E-state index in [-0.39, 0.29) is 0 Å². The largest absolute Gasteiger partial charge is 0.378 e. The lowest BCUT2D eigenvalue weighted by molar-refractivity contribution is 0.0529. The normalized spacial score (nSPS) is 9.86. The Kier molecular flexibility index (Phi) is 10.3. The molecule has 120 valence electrons. The highest BCUT2D eigenvalue weighted by Crippen LogP contribution is 2.15. The van der Waals surface area contributed by atoms with Crippen LogP contribution in [0.1, 0.15) is 0 Å². The Labute approximate surface area is 141 Å². The van der Waals surface area contributed by atoms with Gasteiger partial charge in [-0.15, -0.1) is 0 Å². The van der Waals surface area contributed by atoms with Crippen molar-refractivity contribution in [2.45, 2.75) is 0 Å². The van der Waals surface area contributed by atoms with Gasteiger partial charge in [0, 0.05) is 18.8 Å². The molecule has 0 heterocycles. The van der Waals surface area contributed by atoms with Crippen molar-refractivity contribution < 1.29 is 9.47 Å². The van der Waals surface area contributed by atoms with E-state index in [0.29, 0.717) is 44.6 Å². The van der Waals surface area contributed by atoms with Crippen LogP contribution in [0.3, 0.4) is 0 Å². The Balaban J connectivity index is 2.11. The molecule has 6 nitrogen and oxygen atoms in total. The smallest absolute Gasteiger partial charge is 0.170 e. The maximum absolute atomic E-state index is 5.38. The molecule has 0 amide bonds. The molecule has 0 aromatic heterocycles. The molecule has 0 atom stereocenters. The van der Waals surface area contributed by atoms with Crippen molar-refractivity contribution in [1.82, 2.24) is 5.32 Å². The minimum atomic E-state index is 0.528. The predicted octanol–water partition coefficient (Wildman–Crippen LogP) is 1.70. The third kappa shape index (κ3) is 8.78. The fourth-order valence-electron chi connectivity index (χ4n) is 1.49. The number of nitrogens with zero attached hydrogens (tertiary/aromatic N) is 1. The highest BCUT2D eigenvalue weighted by molar-refractivity contribution is 7.80. The molecule has 0 fully saturated rings. The standard InChI is InChI=1S/C14H20N4O2S2/c15-5-7-19-9-10-20-8-6-16-14(22)18-13-3-1-12(2-4-13)17-11-21/h1-4H,5-10,15H2,(H2,16,18,22). The van der Waals surface area contributed by atoms with Crippen molar-refractivity contribution in [1.29, 1.82) is 0 Å². The maximum atomic E-state index is 5.38. The molecular weight excluding hydrogens is 320 g/mol. The molecule has 0 bridgehead atoms. The van der Waals surface area contributed by atoms with Gasteiger partial charge in [0.15, 0.2) is 5.11 Å². The van der Waals surface area contributed by atoms with E-state index >= 15 is 0 Å². The van der Waals surface area contributed by atoms with E-state index in [1.807, 2.05) is 24.3 Å². The number of nitrogens with two attached hydrogens (primary N) is 1. The summed E-state index contributed by atoms with van der Waals surface area (Å²) in [7, 11) is 0. The Bertz CT molecular complexity index is 490. The van der Waals surface area contributed by atoms with Gasteiger partial charge in [0.1, 0.15) is 0 Å². The van der Waals surface area contributed by atoms with E-state index < -0.39 is 0 Å². The summed E-state index contributed by atoms with van der Waals surface area (Å²) < 4.78 is 10.6. The van der Waals surface area contributed by atoms with Gasteiger partial charge < -0.3 is 25.8 Å². The quantitative estimate of drug-likeness (QED) is 0.340. The average molecular weight is 340 g/mol. The summed E-state index contributed by atoms with van der Waals surface area (Å²) in [5.74, 6) is 0. The molecule has 0 aliphatic heterocycles. The second-order valence-corrected chi connectivity index (χ2v) is 4.74. The molecule has 0 spiro atoms. The van der Waals surface area contributed by atoms with Crippen LogP contribution in [-0.4, -0.2) is 49.8 Å². The molecule has 1 aromatic rings. The van der Waals surface area contributed by atoms with Crippen molar-refractivity contribution >= 4 is 46.1 Å². The zero-order valence-electron chi connectivity index (χ0n) is 12.2. The number of hydrogen-bond acceptors (Lipinski definition) is 6. The van der Waals surface area contributed by atoms with Gasteiger partial charge in [0.25, 0.3) is 0 Å². The highest BCUT2D eigenvalue weighted by atomic mass is 32.1. The molecule has 4 N–H and O–H groups in total. The molecule has 0 aliphatic carbocycles. The molecule has 8 heteroatoms. The lowest BCUT2D eigenvalue weighted by Gasteiger charge is -2.11. The highest BCUT2D eigenvalue weighted by Gasteiger charge is 1.97. The van der Waals surface area contributed by atoms with Gasteiger partial charge in [-0.25, -0.2) is 0 Å². The minimum Gasteiger partial charge on any atom is -0.378 e. The van der Waals surface area contributed by atoms with Gasteiger partial charge in [-0.05, 0) is 48.7 Å². The Morgan fingerprint density at radius 2 is 1.82 bits per heavy atom. The topological polar surface area (TPSA) is 80.9 Å². The van der Waals surface area contributed by atoms with Crippen LogP contribution in [0.4, 0.5) is 11.4 Å². The van der Waals surface area contributed by atoms with Crippen LogP contribution in [0.15, 0.2) is 29.3 Å². The molecule has 0 radical (unpaired) electrons. The lowest BCUT2D eigenvalue weighted by atomic mass is 10.3. The van der Waals surface area contributed by atoms with Crippen molar-refractivity contribution in [2.75, 3.05) is 44.8 Å². The number of anilines is 1. The van der Waals surface area contributed by atoms with E-state index in [2.05, 4.69) is 33.0 Å². The fourth-order valence-corrected chi connectivity index (χ4v) is 1.81. The number of benzene rings is 1. The summed E-state index contributed by atoms with van der Waals surface area (Å²) in [5.41, 5.74) is 6.93. The second kappa shape index (κ2) is 12.2. The number of nitrogens with one attached hydrogen (secondary N) is 2. The van der Waals surface area contributed by atoms with E-state index in [1.54, 1.807) is 0 Å². The zero-order chi connectivity index (χ0) is 16.0. The number of thiocarbonyl (C=S) groups is 2. The van der Waals surface area contributed by atoms with Crippen molar-refractivity contribution in [3.63, 3.8) is 0 Å². The van der Waals surface area contributed by atoms with Crippen molar-refractivity contribution in [2.24, 2.45) is 10.7 Å². The molecule has 0 saturated carbocycles. The SMILES string of the molecule is NCCOCCOCCNC(=S)Nc1ccc(N=C=S)cc1. The number of isothiocyanates is 1. The van der Waals surface area contributed by atoms with E-state index in [1.165, 1.54) is 0 Å². The summed E-state index contributed by atoms with van der Waals surface area (Å²) in [6.07, 6.45) is 0. The number of ether oxygens (including phenoxy) is 2. The molecular formula is C14H20N4O2S2. The van der Waals surface area contributed by atoms with Gasteiger partial charge in [-0.1, -0.05) is 0 Å². The predicted molar refractivity (Wildman–Crippen MR) is 96.0 cm³/mol. The first-order valence-corrected chi connectivity index (χ1v) is 7.66. The van der Waals surface area contributed by atoms with Crippen molar-refractivity contribution in [3.05, 3.63) is 24.3 Å². The summed E-state index contributed by atoms with van der Waals surface area (Å²) in [5, 5.41) is 8.98. The number of aliphatic imine (C=N–C) groups is 1. The van der Waals surface area contributed by atoms with E-state index in [0.717, 1.165) is 11.4 Å². The summed E-state index contributed by atoms with van der Waals surface area (Å²) in [6, 6.07) is 7.39. The van der Waals surface area contributed by atoms with Gasteiger partial charge >= 0.3 is 0 Å². The van der Waals surface area contributed by atoms with Crippen LogP contribution in [0, 0.1) is 0 Å². The third-order valence-electron chi connectivity index (χ3n) is 2.47. The zero-order valence-corrected chi connectivity index (χ0v) is 13.8. The lowest BCUT2D eigenvalue weighted by Crippen LogP contribution is -2.31. The molecule has 0 aliphatic rings. The van der Waals surface area contributed by atoms with E-state index in [9.17, 15) is 0 Å². The van der Waals surface area contributed by atoms with Gasteiger partial charge in [-0.3, -0.25) is 0 Å². The Morgan fingerprint density at radius 1 is 1.14 bits per heavy atom. The Morgan fingerprint density at radius 3 is 2.45 bits per heavy atom. The third-order valence-corrected chi connectivity index (χ3v) is 2.80. The van der Waals surface area contributed by atoms with Crippen molar-refractivity contribution in [3.8, 4) is 0 Å². The van der Waals surface area contributed by atoms with E-state index in [4.69, 9.17) is 27.4 Å². The minimum absolute atomic E-state index is 0.528. The first-order valence-electron chi connectivity index (χ1n) is 6.84. The van der Waals surface area contributed by atoms with Crippen LogP contribution in [-0.2, 0) is 9.47 Å². The van der Waals surface area contributed by atoms with Crippen LogP contribution in [0.5, 0.6) is 0 Å². The number of rotatable bonds is 10. The van der Waals surface area contributed by atoms with Gasteiger partial charge in [-0.2, -0.15) is 4.99 Å². The molecule has 0 saturated heterocycles. The second-order valence-electron chi connectivity index (χ2n) is 4.14. The average Bonchev–Trinajstić information content (AvgIpc) is 2.52. The first-order chi connectivity index (χ1) is 10.8. The molecule has 1 rings (SSSR count). The fraction of sp³-hybridized carbons (Fsp3) is 0.429. The monoisotopic (exact) mass is 340 g/mol. The Hall–Kier alpha value is -1.41. The first kappa shape index (κ1) is 18.6. The van der Waals surface area contributed by atoms with Gasteiger partial charge in [0.05, 0.1) is 37.3 Å². The molecule has 22 heavy (non-hydrogen) atoms. The maximum Gasteiger partial charge on any atom is 0.170 e. The van der Waals surface area contributed by atoms with Crippen LogP contribution in [0.2, 0.25) is 0 Å². The van der Waals surface area contributed by atoms with Crippen LogP contribution >= 0.6 is 24.4 Å². The summed E-state index contributed by atoms with van der Waals surface area (Å²) in [6.45, 7) is 3.36. The number of hydrogen-bond donors (Lipinski definition) is 3. The summed E-state index contributed by atoms with van der Waals surface area (Å²) in [4.78, 5) is 3.88. The van der Waals surface area contributed by atoms with Crippen LogP contribution < -0.4 is 16.4 Å². The molecule has 0 unspecified atom stereocenters.